The van der Waals surface area contributed by atoms with Gasteiger partial charge >= 0.3 is 0 Å². The normalized spacial score (nSPS) is 37.3. The average Bonchev–Trinajstić information content (AvgIpc) is 2.98. The van der Waals surface area contributed by atoms with Gasteiger partial charge in [0.25, 0.3) is 0 Å². The summed E-state index contributed by atoms with van der Waals surface area (Å²) in [6.45, 7) is 0.799. The molecule has 1 saturated heterocycles. The molecule has 43 heavy (non-hydrogen) atoms. The Morgan fingerprint density at radius 1 is 0.860 bits per heavy atom. The number of hydrogen-bond donors (Lipinski definition) is 7. The van der Waals surface area contributed by atoms with Gasteiger partial charge in [0.1, 0.15) is 30.5 Å². The lowest BCUT2D eigenvalue weighted by Crippen LogP contribution is -2.60. The third-order valence-corrected chi connectivity index (χ3v) is 10.9. The number of rotatable bonds is 19. The monoisotopic (exact) mass is 613 g/mol. The van der Waals surface area contributed by atoms with Crippen LogP contribution < -0.4 is 5.32 Å². The third-order valence-electron chi connectivity index (χ3n) is 10.9. The van der Waals surface area contributed by atoms with Gasteiger partial charge in [-0.25, -0.2) is 0 Å². The van der Waals surface area contributed by atoms with Gasteiger partial charge in [0.05, 0.1) is 25.4 Å². The molecule has 4 bridgehead atoms. The van der Waals surface area contributed by atoms with Gasteiger partial charge in [-0.15, -0.1) is 0 Å². The molecule has 0 radical (unpaired) electrons. The molecule has 0 aromatic carbocycles. The smallest absolute Gasteiger partial charge is 0.220 e. The molecule has 8 atom stereocenters. The van der Waals surface area contributed by atoms with E-state index in [1.165, 1.54) is 77.0 Å². The lowest BCUT2D eigenvalue weighted by atomic mass is 9.48. The fourth-order valence-electron chi connectivity index (χ4n) is 8.86. The number of hydrogen-bond acceptors (Lipinski definition) is 9. The third kappa shape index (κ3) is 9.58. The van der Waals surface area contributed by atoms with Crippen molar-refractivity contribution in [2.75, 3.05) is 13.2 Å². The highest BCUT2D eigenvalue weighted by Crippen LogP contribution is 2.61. The minimum Gasteiger partial charge on any atom is -0.394 e. The molecule has 1 amide bonds. The van der Waals surface area contributed by atoms with Crippen molar-refractivity contribution >= 4 is 5.91 Å². The quantitative estimate of drug-likeness (QED) is 0.108. The Hall–Kier alpha value is -0.850. The maximum absolute atomic E-state index is 12.7. The van der Waals surface area contributed by atoms with Gasteiger partial charge in [-0.2, -0.15) is 0 Å². The second kappa shape index (κ2) is 16.6. The Kier molecular flexibility index (Phi) is 13.5. The highest BCUT2D eigenvalue weighted by atomic mass is 16.7. The van der Waals surface area contributed by atoms with Crippen LogP contribution in [0.1, 0.15) is 116 Å². The van der Waals surface area contributed by atoms with E-state index in [1.807, 2.05) is 0 Å². The largest absolute Gasteiger partial charge is 0.394 e. The second-order valence-electron chi connectivity index (χ2n) is 14.4. The first-order valence-electron chi connectivity index (χ1n) is 17.2. The van der Waals surface area contributed by atoms with Gasteiger partial charge in [-0.3, -0.25) is 4.79 Å². The Balaban J connectivity index is 1.07. The van der Waals surface area contributed by atoms with Crippen molar-refractivity contribution in [3.63, 3.8) is 0 Å². The van der Waals surface area contributed by atoms with Gasteiger partial charge in [-0.1, -0.05) is 51.9 Å². The molecule has 4 saturated carbocycles. The molecule has 1 heterocycles. The predicted octanol–water partition coefficient (Wildman–Crippen LogP) is 2.54. The van der Waals surface area contributed by atoms with Crippen LogP contribution in [0, 0.1) is 23.2 Å². The molecule has 5 fully saturated rings. The average molecular weight is 614 g/mol. The van der Waals surface area contributed by atoms with Gasteiger partial charge in [-0.05, 0) is 81.0 Å². The van der Waals surface area contributed by atoms with E-state index in [0.717, 1.165) is 37.0 Å². The van der Waals surface area contributed by atoms with Crippen LogP contribution in [0.5, 0.6) is 0 Å². The van der Waals surface area contributed by atoms with Crippen LogP contribution >= 0.6 is 0 Å². The maximum Gasteiger partial charge on any atom is 0.220 e. The van der Waals surface area contributed by atoms with Crippen molar-refractivity contribution in [3.8, 4) is 0 Å². The maximum atomic E-state index is 12.7. The van der Waals surface area contributed by atoms with E-state index in [4.69, 9.17) is 9.47 Å². The second-order valence-corrected chi connectivity index (χ2v) is 14.4. The fraction of sp³-hybridized carbons (Fsp3) is 0.970. The molecule has 4 aliphatic carbocycles. The first-order chi connectivity index (χ1) is 20.6. The number of ether oxygens (including phenoxy) is 2. The molecular formula is C33H59NO9. The summed E-state index contributed by atoms with van der Waals surface area (Å²) in [6.07, 6.45) is 10.6. The van der Waals surface area contributed by atoms with Crippen molar-refractivity contribution in [1.29, 1.82) is 0 Å². The van der Waals surface area contributed by atoms with Crippen LogP contribution in [0.4, 0.5) is 0 Å². The molecule has 10 nitrogen and oxygen atoms in total. The van der Waals surface area contributed by atoms with Crippen LogP contribution in [-0.2, 0) is 14.3 Å². The van der Waals surface area contributed by atoms with Crippen molar-refractivity contribution in [1.82, 2.24) is 5.32 Å². The van der Waals surface area contributed by atoms with Gasteiger partial charge in [0, 0.05) is 6.42 Å². The van der Waals surface area contributed by atoms with Crippen LogP contribution in [0.15, 0.2) is 0 Å². The number of unbranched alkanes of at least 4 members (excludes halogenated alkanes) is 7. The molecule has 0 aromatic heterocycles. The standard InChI is InChI=1S/C33H59NO9/c1-2-25(36)28(38)24(20-42-32-31(41)30(40)29(39)26(19-35)43-32)34-27(37)11-9-7-5-3-4-6-8-10-12-33-16-21-13-22(17-33)15-23(14-21)18-33/h21-26,28-32,35-36,38-41H,2-20H2,1H3,(H,34,37)/t21?,22?,23?,24-,25+,26?,28-,29?,30?,31?,32?,33?/m0/s1. The Morgan fingerprint density at radius 3 is 1.98 bits per heavy atom. The summed E-state index contributed by atoms with van der Waals surface area (Å²) in [4.78, 5) is 12.7. The number of aliphatic hydroxyl groups excluding tert-OH is 6. The predicted molar refractivity (Wildman–Crippen MR) is 161 cm³/mol. The van der Waals surface area contributed by atoms with Crippen molar-refractivity contribution in [2.24, 2.45) is 23.2 Å². The molecule has 0 aromatic rings. The first kappa shape index (κ1) is 35.0. The molecule has 250 valence electrons. The summed E-state index contributed by atoms with van der Waals surface area (Å²) in [5.74, 6) is 2.85. The first-order valence-corrected chi connectivity index (χ1v) is 17.2. The van der Waals surface area contributed by atoms with E-state index in [9.17, 15) is 35.4 Å². The molecule has 5 rings (SSSR count). The zero-order valence-corrected chi connectivity index (χ0v) is 26.2. The van der Waals surface area contributed by atoms with Gasteiger partial charge in [0.2, 0.25) is 5.91 Å². The van der Waals surface area contributed by atoms with E-state index in [-0.39, 0.29) is 25.4 Å². The summed E-state index contributed by atoms with van der Waals surface area (Å²) in [6, 6.07) is -0.978. The lowest BCUT2D eigenvalue weighted by molar-refractivity contribution is -0.303. The number of carbonyl (C=O) groups is 1. The van der Waals surface area contributed by atoms with E-state index in [2.05, 4.69) is 5.32 Å². The van der Waals surface area contributed by atoms with Gasteiger partial charge in [0.15, 0.2) is 6.29 Å². The summed E-state index contributed by atoms with van der Waals surface area (Å²) in [5, 5.41) is 63.0. The van der Waals surface area contributed by atoms with Crippen LogP contribution in [0.25, 0.3) is 0 Å². The number of carbonyl (C=O) groups excluding carboxylic acids is 1. The Labute approximate surface area is 257 Å². The number of aliphatic hydroxyl groups is 6. The SMILES string of the molecule is CC[C@@H](O)[C@@H](O)[C@H](COC1OC(CO)C(O)C(O)C1O)NC(=O)CCCCCCCCCCC12CC3CC(CC(C3)C1)C2. The Bertz CT molecular complexity index is 806. The molecule has 1 aliphatic heterocycles. The zero-order valence-electron chi connectivity index (χ0n) is 26.2. The van der Waals surface area contributed by atoms with Crippen molar-refractivity contribution < 1.29 is 44.9 Å². The molecule has 10 heteroatoms. The van der Waals surface area contributed by atoms with Crippen LogP contribution in [0.2, 0.25) is 0 Å². The van der Waals surface area contributed by atoms with Crippen LogP contribution in [-0.4, -0.2) is 98.7 Å². The minimum atomic E-state index is -1.60. The summed E-state index contributed by atoms with van der Waals surface area (Å²) < 4.78 is 10.9. The van der Waals surface area contributed by atoms with E-state index in [0.29, 0.717) is 5.41 Å². The molecule has 0 spiro atoms. The number of nitrogens with one attached hydrogen (secondary N) is 1. The van der Waals surface area contributed by atoms with E-state index >= 15 is 0 Å². The summed E-state index contributed by atoms with van der Waals surface area (Å²) in [7, 11) is 0. The van der Waals surface area contributed by atoms with Crippen LogP contribution in [0.3, 0.4) is 0 Å². The summed E-state index contributed by atoms with van der Waals surface area (Å²) in [5.41, 5.74) is 0.699. The zero-order chi connectivity index (χ0) is 31.0. The topological polar surface area (TPSA) is 169 Å². The molecule has 5 unspecified atom stereocenters. The molecule has 5 aliphatic rings. The Morgan fingerprint density at radius 2 is 1.42 bits per heavy atom. The van der Waals surface area contributed by atoms with Crippen molar-refractivity contribution in [3.05, 3.63) is 0 Å². The molecule has 7 N–H and O–H groups in total. The molecular weight excluding hydrogens is 554 g/mol. The fourth-order valence-corrected chi connectivity index (χ4v) is 8.86. The lowest BCUT2D eigenvalue weighted by Gasteiger charge is -2.57. The van der Waals surface area contributed by atoms with E-state index in [1.54, 1.807) is 6.92 Å². The highest BCUT2D eigenvalue weighted by Gasteiger charge is 2.50. The number of amides is 1. The minimum absolute atomic E-state index is 0.260. The highest BCUT2D eigenvalue weighted by molar-refractivity contribution is 5.76. The van der Waals surface area contributed by atoms with Crippen molar-refractivity contribution in [2.45, 2.75) is 165 Å². The summed E-state index contributed by atoms with van der Waals surface area (Å²) >= 11 is 0. The van der Waals surface area contributed by atoms with Gasteiger partial charge < -0.3 is 45.4 Å². The van der Waals surface area contributed by atoms with E-state index < -0.39 is 55.6 Å².